The number of hydrogen-bond acceptors (Lipinski definition) is 3. The van der Waals surface area contributed by atoms with E-state index in [1.54, 1.807) is 30.3 Å². The number of ether oxygens (including phenoxy) is 1. The second-order valence-corrected chi connectivity index (χ2v) is 9.07. The highest BCUT2D eigenvalue weighted by Crippen LogP contribution is 2.47. The summed E-state index contributed by atoms with van der Waals surface area (Å²) < 4.78 is 44.6. The monoisotopic (exact) mass is 466 g/mol. The van der Waals surface area contributed by atoms with Gasteiger partial charge in [0.15, 0.2) is 0 Å². The molecular formula is C24H26ClF3N2O2. The van der Waals surface area contributed by atoms with Gasteiger partial charge in [-0.15, -0.1) is 0 Å². The highest BCUT2D eigenvalue weighted by atomic mass is 35.5. The van der Waals surface area contributed by atoms with E-state index in [0.29, 0.717) is 23.8 Å². The van der Waals surface area contributed by atoms with Gasteiger partial charge in [0.1, 0.15) is 5.75 Å². The van der Waals surface area contributed by atoms with Crippen LogP contribution in [0.4, 0.5) is 18.9 Å². The molecule has 2 aliphatic heterocycles. The van der Waals surface area contributed by atoms with E-state index in [9.17, 15) is 18.0 Å². The van der Waals surface area contributed by atoms with Crippen molar-refractivity contribution in [1.82, 2.24) is 4.90 Å². The van der Waals surface area contributed by atoms with Gasteiger partial charge in [-0.1, -0.05) is 17.7 Å². The Hall–Kier alpha value is -2.25. The number of alkyl halides is 3. The van der Waals surface area contributed by atoms with Gasteiger partial charge in [-0.05, 0) is 81.7 Å². The number of carbonyl (C=O) groups excluding carboxylic acids is 1. The van der Waals surface area contributed by atoms with Crippen LogP contribution in [-0.4, -0.2) is 37.0 Å². The van der Waals surface area contributed by atoms with Crippen LogP contribution in [-0.2, 0) is 16.4 Å². The molecule has 0 aliphatic carbocycles. The van der Waals surface area contributed by atoms with Gasteiger partial charge in [0.2, 0.25) is 5.91 Å². The molecule has 1 fully saturated rings. The number of hydrogen-bond donors (Lipinski definition) is 1. The zero-order valence-corrected chi connectivity index (χ0v) is 18.4. The lowest BCUT2D eigenvalue weighted by atomic mass is 9.74. The molecule has 0 radical (unpaired) electrons. The highest BCUT2D eigenvalue weighted by molar-refractivity contribution is 6.30. The number of benzene rings is 2. The minimum Gasteiger partial charge on any atom is -0.492 e. The molecule has 4 nitrogen and oxygen atoms in total. The van der Waals surface area contributed by atoms with Crippen LogP contribution in [0.15, 0.2) is 42.5 Å². The summed E-state index contributed by atoms with van der Waals surface area (Å²) in [5.74, 6) is 0.364. The molecule has 1 spiro atoms. The number of fused-ring (bicyclic) bond motifs is 2. The van der Waals surface area contributed by atoms with E-state index in [2.05, 4.69) is 10.2 Å². The van der Waals surface area contributed by atoms with Crippen molar-refractivity contribution in [2.45, 2.75) is 43.7 Å². The second kappa shape index (κ2) is 9.32. The average molecular weight is 467 g/mol. The molecule has 172 valence electrons. The molecule has 4 rings (SSSR count). The van der Waals surface area contributed by atoms with Gasteiger partial charge in [0, 0.05) is 28.1 Å². The molecule has 0 atom stereocenters. The number of rotatable bonds is 6. The number of piperidine rings is 1. The Kier molecular flexibility index (Phi) is 6.67. The lowest BCUT2D eigenvalue weighted by Crippen LogP contribution is -2.43. The smallest absolute Gasteiger partial charge is 0.416 e. The minimum atomic E-state index is -4.36. The van der Waals surface area contributed by atoms with E-state index in [1.165, 1.54) is 0 Å². The fourth-order valence-electron chi connectivity index (χ4n) is 4.55. The number of anilines is 1. The molecule has 2 heterocycles. The maximum absolute atomic E-state index is 13.0. The van der Waals surface area contributed by atoms with Crippen LogP contribution in [0.3, 0.4) is 0 Å². The molecule has 8 heteroatoms. The molecule has 0 unspecified atom stereocenters. The van der Waals surface area contributed by atoms with Crippen molar-refractivity contribution in [3.05, 3.63) is 58.6 Å². The number of halogens is 4. The first-order valence-electron chi connectivity index (χ1n) is 10.9. The fourth-order valence-corrected chi connectivity index (χ4v) is 4.67. The minimum absolute atomic E-state index is 0.0112. The largest absolute Gasteiger partial charge is 0.492 e. The molecule has 0 aromatic heterocycles. The van der Waals surface area contributed by atoms with E-state index in [1.807, 2.05) is 0 Å². The van der Waals surface area contributed by atoms with E-state index in [-0.39, 0.29) is 11.3 Å². The Balaban J connectivity index is 1.21. The summed E-state index contributed by atoms with van der Waals surface area (Å²) in [4.78, 5) is 14.4. The maximum atomic E-state index is 13.0. The van der Waals surface area contributed by atoms with Crippen LogP contribution in [0, 0.1) is 0 Å². The lowest BCUT2D eigenvalue weighted by molar-refractivity contribution is -0.137. The van der Waals surface area contributed by atoms with Crippen LogP contribution in [0.2, 0.25) is 5.02 Å². The Morgan fingerprint density at radius 2 is 1.81 bits per heavy atom. The molecule has 2 aliphatic rings. The predicted octanol–water partition coefficient (Wildman–Crippen LogP) is 5.89. The Bertz CT molecular complexity index is 955. The average Bonchev–Trinajstić information content (AvgIpc) is 3.11. The van der Waals surface area contributed by atoms with Crippen molar-refractivity contribution in [2.75, 3.05) is 31.6 Å². The molecule has 1 amide bonds. The van der Waals surface area contributed by atoms with Gasteiger partial charge in [0.25, 0.3) is 0 Å². The van der Waals surface area contributed by atoms with Crippen LogP contribution >= 0.6 is 11.6 Å². The predicted molar refractivity (Wildman–Crippen MR) is 118 cm³/mol. The third kappa shape index (κ3) is 5.21. The van der Waals surface area contributed by atoms with Crippen molar-refractivity contribution in [3.63, 3.8) is 0 Å². The Morgan fingerprint density at radius 1 is 1.09 bits per heavy atom. The first-order chi connectivity index (χ1) is 15.2. The summed E-state index contributed by atoms with van der Waals surface area (Å²) in [5.41, 5.74) is 0.797. The van der Waals surface area contributed by atoms with Crippen molar-refractivity contribution < 1.29 is 22.7 Å². The number of unbranched alkanes of at least 4 members (excludes halogenated alkanes) is 1. The van der Waals surface area contributed by atoms with E-state index in [4.69, 9.17) is 16.3 Å². The molecule has 2 aromatic rings. The number of likely N-dealkylation sites (tertiary alicyclic amines) is 1. The second-order valence-electron chi connectivity index (χ2n) is 8.63. The van der Waals surface area contributed by atoms with Gasteiger partial charge < -0.3 is 15.0 Å². The van der Waals surface area contributed by atoms with Crippen LogP contribution in [0.5, 0.6) is 5.75 Å². The third-order valence-corrected chi connectivity index (χ3v) is 6.71. The van der Waals surface area contributed by atoms with Crippen molar-refractivity contribution in [1.29, 1.82) is 0 Å². The van der Waals surface area contributed by atoms with Gasteiger partial charge in [-0.3, -0.25) is 4.79 Å². The summed E-state index contributed by atoms with van der Waals surface area (Å²) in [6.07, 6.45) is -0.451. The normalized spacial score (nSPS) is 17.8. The van der Waals surface area contributed by atoms with Crippen LogP contribution < -0.4 is 10.1 Å². The Morgan fingerprint density at radius 3 is 2.50 bits per heavy atom. The summed E-state index contributed by atoms with van der Waals surface area (Å²) in [6, 6.07) is 10.9. The number of carbonyl (C=O) groups is 1. The SMILES string of the molecule is O=C(CCCCN1CCC2(CC1)COc1cc(C(F)(F)F)ccc12)Nc1ccc(Cl)cc1. The number of nitrogens with zero attached hydrogens (tertiary/aromatic N) is 1. The standard InChI is InChI=1S/C24H26ClF3N2O2/c25-18-5-7-19(8-6-18)29-22(31)3-1-2-12-30-13-10-23(11-14-30)16-32-21-15-17(24(26,27)28)4-9-20(21)23/h4-9,15H,1-3,10-14,16H2,(H,29,31). The van der Waals surface area contributed by atoms with Crippen molar-refractivity contribution >= 4 is 23.2 Å². The first kappa shape index (κ1) is 22.9. The maximum Gasteiger partial charge on any atom is 0.416 e. The molecule has 1 saturated heterocycles. The molecule has 0 bridgehead atoms. The van der Waals surface area contributed by atoms with E-state index in [0.717, 1.165) is 68.7 Å². The lowest BCUT2D eigenvalue weighted by Gasteiger charge is -2.38. The fraction of sp³-hybridized carbons (Fsp3) is 0.458. The summed E-state index contributed by atoms with van der Waals surface area (Å²) in [6.45, 7) is 3.11. The first-order valence-corrected chi connectivity index (χ1v) is 11.3. The van der Waals surface area contributed by atoms with Crippen LogP contribution in [0.25, 0.3) is 0 Å². The summed E-state index contributed by atoms with van der Waals surface area (Å²) in [5, 5.41) is 3.50. The van der Waals surface area contributed by atoms with E-state index >= 15 is 0 Å². The van der Waals surface area contributed by atoms with Gasteiger partial charge in [0.05, 0.1) is 12.2 Å². The number of amides is 1. The van der Waals surface area contributed by atoms with Gasteiger partial charge in [-0.25, -0.2) is 0 Å². The van der Waals surface area contributed by atoms with Crippen molar-refractivity contribution in [2.24, 2.45) is 0 Å². The van der Waals surface area contributed by atoms with Crippen LogP contribution in [0.1, 0.15) is 43.2 Å². The molecule has 1 N–H and O–H groups in total. The topological polar surface area (TPSA) is 41.6 Å². The van der Waals surface area contributed by atoms with E-state index < -0.39 is 11.7 Å². The quantitative estimate of drug-likeness (QED) is 0.539. The molecule has 0 saturated carbocycles. The Labute approximate surface area is 190 Å². The van der Waals surface area contributed by atoms with Crippen molar-refractivity contribution in [3.8, 4) is 5.75 Å². The van der Waals surface area contributed by atoms with Gasteiger partial charge in [-0.2, -0.15) is 13.2 Å². The molecule has 2 aromatic carbocycles. The third-order valence-electron chi connectivity index (χ3n) is 6.45. The zero-order chi connectivity index (χ0) is 22.8. The number of nitrogens with one attached hydrogen (secondary N) is 1. The molecular weight excluding hydrogens is 441 g/mol. The highest BCUT2D eigenvalue weighted by Gasteiger charge is 2.44. The zero-order valence-electron chi connectivity index (χ0n) is 17.7. The summed E-state index contributed by atoms with van der Waals surface area (Å²) in [7, 11) is 0. The van der Waals surface area contributed by atoms with Gasteiger partial charge >= 0.3 is 6.18 Å². The summed E-state index contributed by atoms with van der Waals surface area (Å²) >= 11 is 5.85. The molecule has 32 heavy (non-hydrogen) atoms.